The molecule has 2 N–H and O–H groups in total. The monoisotopic (exact) mass is 363 g/mol. The van der Waals surface area contributed by atoms with Crippen LogP contribution in [0.2, 0.25) is 0 Å². The Morgan fingerprint density at radius 3 is 2.40 bits per heavy atom. The normalized spacial score (nSPS) is 27.1. The minimum absolute atomic E-state index is 0.0710. The first-order valence-electron chi connectivity index (χ1n) is 8.39. The first-order chi connectivity index (χ1) is 12.0. The molecule has 25 heavy (non-hydrogen) atoms. The van der Waals surface area contributed by atoms with Crippen LogP contribution in [0.1, 0.15) is 35.0 Å². The van der Waals surface area contributed by atoms with E-state index >= 15 is 0 Å². The number of hydrogen-bond acceptors (Lipinski definition) is 5. The number of rotatable bonds is 5. The molecule has 2 bridgehead atoms. The average Bonchev–Trinajstić information content (AvgIpc) is 3.03. The molecule has 0 unspecified atom stereocenters. The number of amides is 1. The number of allylic oxidation sites excluding steroid dienone is 2. The van der Waals surface area contributed by atoms with Crippen LogP contribution in [0.25, 0.3) is 0 Å². The van der Waals surface area contributed by atoms with E-state index in [-0.39, 0.29) is 17.7 Å². The van der Waals surface area contributed by atoms with Gasteiger partial charge in [0.1, 0.15) is 5.00 Å². The van der Waals surface area contributed by atoms with Crippen molar-refractivity contribution in [1.29, 1.82) is 0 Å². The van der Waals surface area contributed by atoms with Gasteiger partial charge in [0.25, 0.3) is 0 Å². The third kappa shape index (κ3) is 3.20. The van der Waals surface area contributed by atoms with Gasteiger partial charge in [-0.3, -0.25) is 9.59 Å². The zero-order valence-electron chi connectivity index (χ0n) is 14.2. The van der Waals surface area contributed by atoms with Gasteiger partial charge in [-0.1, -0.05) is 19.1 Å². The molecule has 1 saturated carbocycles. The number of hydrogen-bond donors (Lipinski definition) is 2. The molecule has 1 aromatic heterocycles. The summed E-state index contributed by atoms with van der Waals surface area (Å²) in [5, 5.41) is 12.8. The molecule has 0 aromatic carbocycles. The number of anilines is 1. The molecule has 1 amide bonds. The quantitative estimate of drug-likeness (QED) is 0.620. The third-order valence-electron chi connectivity index (χ3n) is 5.11. The second-order valence-electron chi connectivity index (χ2n) is 6.47. The lowest BCUT2D eigenvalue weighted by molar-refractivity contribution is -0.151. The molecule has 0 aliphatic heterocycles. The van der Waals surface area contributed by atoms with Crippen molar-refractivity contribution in [2.75, 3.05) is 12.4 Å². The Morgan fingerprint density at radius 2 is 1.88 bits per heavy atom. The van der Waals surface area contributed by atoms with E-state index in [2.05, 4.69) is 5.32 Å². The van der Waals surface area contributed by atoms with Crippen molar-refractivity contribution in [2.24, 2.45) is 23.7 Å². The highest BCUT2D eigenvalue weighted by Gasteiger charge is 2.48. The van der Waals surface area contributed by atoms with Gasteiger partial charge in [-0.2, -0.15) is 0 Å². The summed E-state index contributed by atoms with van der Waals surface area (Å²) in [5.74, 6) is -3.28. The summed E-state index contributed by atoms with van der Waals surface area (Å²) in [6.07, 6.45) is 6.24. The fraction of sp³-hybridized carbons (Fsp3) is 0.500. The van der Waals surface area contributed by atoms with Crippen LogP contribution in [0.3, 0.4) is 0 Å². The van der Waals surface area contributed by atoms with E-state index < -0.39 is 23.8 Å². The van der Waals surface area contributed by atoms with Crippen LogP contribution >= 0.6 is 11.3 Å². The van der Waals surface area contributed by atoms with Crippen LogP contribution < -0.4 is 5.32 Å². The number of thiophene rings is 1. The minimum Gasteiger partial charge on any atom is -0.481 e. The molecule has 4 atom stereocenters. The number of esters is 1. The van der Waals surface area contributed by atoms with Crippen LogP contribution in [-0.2, 0) is 20.7 Å². The summed E-state index contributed by atoms with van der Waals surface area (Å²) in [7, 11) is 1.29. The maximum absolute atomic E-state index is 12.9. The summed E-state index contributed by atoms with van der Waals surface area (Å²) in [6.45, 7) is 1.96. The standard InChI is InChI=1S/C18H21NO5S/c1-3-11-8-12(18(23)24-2)16(25-11)19-15(20)13-9-4-6-10(7-5-9)14(13)17(21)22/h4,6,8-10,13-14H,3,5,7H2,1-2H3,(H,19,20)(H,21,22)/t9-,10-,13-,14+/m0/s1. The summed E-state index contributed by atoms with van der Waals surface area (Å²) in [5.41, 5.74) is 0.320. The van der Waals surface area contributed by atoms with Gasteiger partial charge < -0.3 is 15.2 Å². The Kier molecular flexibility index (Phi) is 4.94. The lowest BCUT2D eigenvalue weighted by Crippen LogP contribution is -2.47. The third-order valence-corrected chi connectivity index (χ3v) is 6.30. The molecule has 134 valence electrons. The van der Waals surface area contributed by atoms with Crippen molar-refractivity contribution in [3.63, 3.8) is 0 Å². The molecule has 1 aromatic rings. The molecule has 0 saturated heterocycles. The number of fused-ring (bicyclic) bond motifs is 2. The molecule has 3 aliphatic carbocycles. The van der Waals surface area contributed by atoms with Gasteiger partial charge in [0, 0.05) is 4.88 Å². The smallest absolute Gasteiger partial charge is 0.340 e. The lowest BCUT2D eigenvalue weighted by atomic mass is 9.62. The average molecular weight is 363 g/mol. The molecular weight excluding hydrogens is 342 g/mol. The van der Waals surface area contributed by atoms with Crippen LogP contribution in [0.15, 0.2) is 18.2 Å². The number of nitrogens with one attached hydrogen (secondary N) is 1. The molecule has 0 spiro atoms. The second kappa shape index (κ2) is 7.00. The minimum atomic E-state index is -0.937. The topological polar surface area (TPSA) is 92.7 Å². The number of carboxylic acid groups (broad SMARTS) is 1. The Balaban J connectivity index is 1.87. The number of carbonyl (C=O) groups is 3. The van der Waals surface area contributed by atoms with E-state index in [0.717, 1.165) is 24.1 Å². The van der Waals surface area contributed by atoms with E-state index in [1.54, 1.807) is 6.07 Å². The van der Waals surface area contributed by atoms with Crippen LogP contribution in [-0.4, -0.2) is 30.1 Å². The first-order valence-corrected chi connectivity index (χ1v) is 9.20. The number of ether oxygens (including phenoxy) is 1. The Bertz CT molecular complexity index is 738. The van der Waals surface area contributed by atoms with E-state index in [4.69, 9.17) is 4.74 Å². The van der Waals surface area contributed by atoms with Crippen molar-refractivity contribution in [2.45, 2.75) is 26.2 Å². The van der Waals surface area contributed by atoms with Gasteiger partial charge >= 0.3 is 11.9 Å². The first kappa shape index (κ1) is 17.7. The number of aliphatic carboxylic acids is 1. The molecule has 1 fully saturated rings. The van der Waals surface area contributed by atoms with Crippen molar-refractivity contribution < 1.29 is 24.2 Å². The Hall–Kier alpha value is -2.15. The van der Waals surface area contributed by atoms with E-state index in [9.17, 15) is 19.5 Å². The largest absolute Gasteiger partial charge is 0.481 e. The molecule has 3 aliphatic rings. The van der Waals surface area contributed by atoms with Crippen LogP contribution in [0, 0.1) is 23.7 Å². The molecular formula is C18H21NO5S. The van der Waals surface area contributed by atoms with Crippen LogP contribution in [0.4, 0.5) is 5.00 Å². The van der Waals surface area contributed by atoms with Crippen LogP contribution in [0.5, 0.6) is 0 Å². The van der Waals surface area contributed by atoms with Gasteiger partial charge in [-0.25, -0.2) is 4.79 Å². The highest BCUT2D eigenvalue weighted by atomic mass is 32.1. The highest BCUT2D eigenvalue weighted by molar-refractivity contribution is 7.16. The number of methoxy groups -OCH3 is 1. The zero-order valence-corrected chi connectivity index (χ0v) is 15.0. The number of carbonyl (C=O) groups excluding carboxylic acids is 2. The lowest BCUT2D eigenvalue weighted by Gasteiger charge is -2.41. The van der Waals surface area contributed by atoms with Crippen molar-refractivity contribution in [1.82, 2.24) is 0 Å². The maximum atomic E-state index is 12.9. The van der Waals surface area contributed by atoms with Crippen molar-refractivity contribution >= 4 is 34.2 Å². The molecule has 7 heteroatoms. The summed E-state index contributed by atoms with van der Waals surface area (Å²) < 4.78 is 4.78. The van der Waals surface area contributed by atoms with Gasteiger partial charge in [0.15, 0.2) is 0 Å². The van der Waals surface area contributed by atoms with Gasteiger partial charge in [0.05, 0.1) is 24.5 Å². The Morgan fingerprint density at radius 1 is 1.24 bits per heavy atom. The number of carboxylic acids is 1. The zero-order chi connectivity index (χ0) is 18.1. The fourth-order valence-electron chi connectivity index (χ4n) is 3.85. The summed E-state index contributed by atoms with van der Waals surface area (Å²) in [6, 6.07) is 1.72. The van der Waals surface area contributed by atoms with E-state index in [1.165, 1.54) is 18.4 Å². The highest BCUT2D eigenvalue weighted by Crippen LogP contribution is 2.45. The fourth-order valence-corrected chi connectivity index (χ4v) is 4.84. The summed E-state index contributed by atoms with van der Waals surface area (Å²) >= 11 is 1.33. The van der Waals surface area contributed by atoms with E-state index in [1.807, 2.05) is 19.1 Å². The van der Waals surface area contributed by atoms with Gasteiger partial charge in [0.2, 0.25) is 5.91 Å². The number of aryl methyl sites for hydroxylation is 1. The second-order valence-corrected chi connectivity index (χ2v) is 7.61. The molecule has 6 nitrogen and oxygen atoms in total. The predicted molar refractivity (Wildman–Crippen MR) is 93.6 cm³/mol. The van der Waals surface area contributed by atoms with Gasteiger partial charge in [-0.15, -0.1) is 11.3 Å². The van der Waals surface area contributed by atoms with Crippen molar-refractivity contribution in [3.05, 3.63) is 28.7 Å². The SMILES string of the molecule is CCc1cc(C(=O)OC)c(NC(=O)[C@@H]2[C@H](C(=O)O)[C@H]3C=C[C@H]2CC3)s1. The summed E-state index contributed by atoms with van der Waals surface area (Å²) in [4.78, 5) is 37.5. The molecule has 1 heterocycles. The molecule has 4 rings (SSSR count). The predicted octanol–water partition coefficient (Wildman–Crippen LogP) is 2.95. The van der Waals surface area contributed by atoms with Crippen molar-refractivity contribution in [3.8, 4) is 0 Å². The van der Waals surface area contributed by atoms with Gasteiger partial charge in [-0.05, 0) is 37.2 Å². The van der Waals surface area contributed by atoms with E-state index in [0.29, 0.717) is 10.6 Å². The Labute approximate surface area is 149 Å². The maximum Gasteiger partial charge on any atom is 0.340 e. The molecule has 0 radical (unpaired) electrons.